The van der Waals surface area contributed by atoms with Crippen LogP contribution >= 0.6 is 15.9 Å². The highest BCUT2D eigenvalue weighted by Gasteiger charge is 2.20. The lowest BCUT2D eigenvalue weighted by Gasteiger charge is -2.15. The van der Waals surface area contributed by atoms with Crippen LogP contribution in [0.5, 0.6) is 0 Å². The van der Waals surface area contributed by atoms with Crippen molar-refractivity contribution < 1.29 is 9.53 Å². The van der Waals surface area contributed by atoms with Crippen LogP contribution in [-0.4, -0.2) is 40.1 Å². The zero-order valence-corrected chi connectivity index (χ0v) is 23.2. The van der Waals surface area contributed by atoms with Gasteiger partial charge >= 0.3 is 0 Å². The molecule has 4 aromatic rings. The average Bonchev–Trinajstić information content (AvgIpc) is 3.42. The highest BCUT2D eigenvalue weighted by atomic mass is 79.9. The van der Waals surface area contributed by atoms with E-state index in [9.17, 15) is 4.79 Å². The van der Waals surface area contributed by atoms with Gasteiger partial charge < -0.3 is 10.1 Å². The van der Waals surface area contributed by atoms with E-state index in [4.69, 9.17) is 4.74 Å². The Kier molecular flexibility index (Phi) is 7.88. The number of carbonyl (C=O) groups excluding carboxylic acids is 1. The maximum atomic E-state index is 13.2. The number of rotatable bonds is 10. The van der Waals surface area contributed by atoms with Crippen molar-refractivity contribution in [3.8, 4) is 0 Å². The SMILES string of the molecule is CCC(c1ccccc1)n1cc(NC(=O)c2nn(COCC[Si](C)(C)C)c3cc(Br)ccc23)cn1. The van der Waals surface area contributed by atoms with Crippen LogP contribution in [0.3, 0.4) is 0 Å². The van der Waals surface area contributed by atoms with Gasteiger partial charge in [0.05, 0.1) is 23.4 Å². The number of fused-ring (bicyclic) bond motifs is 1. The molecule has 0 saturated heterocycles. The van der Waals surface area contributed by atoms with Gasteiger partial charge in [0.25, 0.3) is 5.91 Å². The lowest BCUT2D eigenvalue weighted by molar-refractivity contribution is 0.0809. The fraction of sp³-hybridized carbons (Fsp3) is 0.346. The van der Waals surface area contributed by atoms with Crippen molar-refractivity contribution in [1.29, 1.82) is 0 Å². The first kappa shape index (κ1) is 25.3. The quantitative estimate of drug-likeness (QED) is 0.178. The largest absolute Gasteiger partial charge is 0.360 e. The standard InChI is InChI=1S/C26H32BrN5O2Si/c1-5-23(19-9-7-6-8-10-19)31-17-21(16-28-31)29-26(33)25-22-12-11-20(27)15-24(22)32(30-25)18-34-13-14-35(2,3)4/h6-12,15-17,23H,5,13-14,18H2,1-4H3,(H,29,33). The molecule has 0 spiro atoms. The normalized spacial score (nSPS) is 12.7. The maximum absolute atomic E-state index is 13.2. The number of benzene rings is 2. The molecule has 1 unspecified atom stereocenters. The number of halogens is 1. The van der Waals surface area contributed by atoms with Gasteiger partial charge in [-0.15, -0.1) is 0 Å². The van der Waals surface area contributed by atoms with Gasteiger partial charge in [0.15, 0.2) is 5.69 Å². The van der Waals surface area contributed by atoms with E-state index in [1.54, 1.807) is 10.9 Å². The summed E-state index contributed by atoms with van der Waals surface area (Å²) < 4.78 is 10.5. The molecule has 0 aliphatic rings. The third-order valence-corrected chi connectivity index (χ3v) is 8.09. The number of carbonyl (C=O) groups is 1. The van der Waals surface area contributed by atoms with E-state index in [-0.39, 0.29) is 11.9 Å². The Morgan fingerprint density at radius 2 is 1.94 bits per heavy atom. The maximum Gasteiger partial charge on any atom is 0.276 e. The molecule has 35 heavy (non-hydrogen) atoms. The fourth-order valence-corrected chi connectivity index (χ4v) is 5.06. The summed E-state index contributed by atoms with van der Waals surface area (Å²) in [4.78, 5) is 13.2. The summed E-state index contributed by atoms with van der Waals surface area (Å²) in [5, 5.41) is 12.9. The third kappa shape index (κ3) is 6.28. The van der Waals surface area contributed by atoms with Crippen LogP contribution in [0.4, 0.5) is 5.69 Å². The van der Waals surface area contributed by atoms with Gasteiger partial charge in [0.2, 0.25) is 0 Å². The van der Waals surface area contributed by atoms with Gasteiger partial charge in [-0.2, -0.15) is 10.2 Å². The molecule has 1 amide bonds. The summed E-state index contributed by atoms with van der Waals surface area (Å²) in [5.41, 5.74) is 3.03. The number of hydrogen-bond acceptors (Lipinski definition) is 4. The van der Waals surface area contributed by atoms with Crippen LogP contribution in [0.25, 0.3) is 10.9 Å². The topological polar surface area (TPSA) is 74.0 Å². The van der Waals surface area contributed by atoms with E-state index < -0.39 is 8.07 Å². The molecule has 0 bridgehead atoms. The molecule has 1 atom stereocenters. The average molecular weight is 555 g/mol. The highest BCUT2D eigenvalue weighted by Crippen LogP contribution is 2.25. The molecular weight excluding hydrogens is 522 g/mol. The second kappa shape index (κ2) is 10.9. The van der Waals surface area contributed by atoms with Gasteiger partial charge in [-0.05, 0) is 36.2 Å². The van der Waals surface area contributed by atoms with Gasteiger partial charge in [-0.25, -0.2) is 4.68 Å². The molecule has 0 aliphatic heterocycles. The first-order chi connectivity index (χ1) is 16.7. The summed E-state index contributed by atoms with van der Waals surface area (Å²) in [6.07, 6.45) is 4.44. The minimum absolute atomic E-state index is 0.104. The molecule has 1 N–H and O–H groups in total. The number of amides is 1. The Morgan fingerprint density at radius 1 is 1.17 bits per heavy atom. The van der Waals surface area contributed by atoms with Gasteiger partial charge in [-0.3, -0.25) is 9.48 Å². The van der Waals surface area contributed by atoms with Crippen LogP contribution < -0.4 is 5.32 Å². The molecule has 0 saturated carbocycles. The summed E-state index contributed by atoms with van der Waals surface area (Å²) in [7, 11) is -1.18. The molecule has 2 aromatic heterocycles. The molecular formula is C26H32BrN5O2Si. The van der Waals surface area contributed by atoms with Gasteiger partial charge in [-0.1, -0.05) is 72.8 Å². The predicted octanol–water partition coefficient (Wildman–Crippen LogP) is 6.56. The smallest absolute Gasteiger partial charge is 0.276 e. The van der Waals surface area contributed by atoms with Gasteiger partial charge in [0.1, 0.15) is 6.73 Å². The zero-order chi connectivity index (χ0) is 25.0. The van der Waals surface area contributed by atoms with Gasteiger partial charge in [0, 0.05) is 30.7 Å². The minimum atomic E-state index is -1.18. The summed E-state index contributed by atoms with van der Waals surface area (Å²) in [6.45, 7) is 10.1. The van der Waals surface area contributed by atoms with Crippen molar-refractivity contribution >= 4 is 46.5 Å². The molecule has 0 radical (unpaired) electrons. The number of nitrogens with one attached hydrogen (secondary N) is 1. The van der Waals surface area contributed by atoms with Crippen molar-refractivity contribution in [2.24, 2.45) is 0 Å². The van der Waals surface area contributed by atoms with Crippen molar-refractivity contribution in [1.82, 2.24) is 19.6 Å². The number of ether oxygens (including phenoxy) is 1. The monoisotopic (exact) mass is 553 g/mol. The van der Waals surface area contributed by atoms with Crippen LogP contribution in [-0.2, 0) is 11.5 Å². The minimum Gasteiger partial charge on any atom is -0.360 e. The Morgan fingerprint density at radius 3 is 2.66 bits per heavy atom. The Balaban J connectivity index is 1.52. The summed E-state index contributed by atoms with van der Waals surface area (Å²) >= 11 is 3.53. The first-order valence-corrected chi connectivity index (χ1v) is 16.4. The number of hydrogen-bond donors (Lipinski definition) is 1. The van der Waals surface area contributed by atoms with E-state index in [1.807, 2.05) is 47.3 Å². The second-order valence-electron chi connectivity index (χ2n) is 9.86. The Labute approximate surface area is 215 Å². The molecule has 0 aliphatic carbocycles. The predicted molar refractivity (Wildman–Crippen MR) is 147 cm³/mol. The zero-order valence-electron chi connectivity index (χ0n) is 20.7. The van der Waals surface area contributed by atoms with E-state index in [0.717, 1.165) is 27.8 Å². The van der Waals surface area contributed by atoms with E-state index >= 15 is 0 Å². The molecule has 184 valence electrons. The molecule has 2 heterocycles. The van der Waals surface area contributed by atoms with Crippen LogP contribution in [0.2, 0.25) is 25.7 Å². The van der Waals surface area contributed by atoms with E-state index in [2.05, 4.69) is 70.1 Å². The molecule has 9 heteroatoms. The molecule has 2 aromatic carbocycles. The third-order valence-electron chi connectivity index (χ3n) is 5.89. The van der Waals surface area contributed by atoms with Crippen molar-refractivity contribution in [2.45, 2.75) is 51.8 Å². The highest BCUT2D eigenvalue weighted by molar-refractivity contribution is 9.10. The van der Waals surface area contributed by atoms with E-state index in [0.29, 0.717) is 24.7 Å². The van der Waals surface area contributed by atoms with Crippen molar-refractivity contribution in [3.63, 3.8) is 0 Å². The number of aromatic nitrogens is 4. The first-order valence-electron chi connectivity index (χ1n) is 11.9. The van der Waals surface area contributed by atoms with Crippen molar-refractivity contribution in [3.05, 3.63) is 76.7 Å². The Bertz CT molecular complexity index is 1300. The van der Waals surface area contributed by atoms with Crippen LogP contribution in [0.15, 0.2) is 65.4 Å². The molecule has 0 fully saturated rings. The molecule has 4 rings (SSSR count). The van der Waals surface area contributed by atoms with Crippen molar-refractivity contribution in [2.75, 3.05) is 11.9 Å². The molecule has 7 nitrogen and oxygen atoms in total. The Hall–Kier alpha value is -2.75. The number of anilines is 1. The lowest BCUT2D eigenvalue weighted by atomic mass is 10.1. The number of nitrogens with zero attached hydrogens (tertiary/aromatic N) is 4. The van der Waals surface area contributed by atoms with Crippen LogP contribution in [0, 0.1) is 0 Å². The fourth-order valence-electron chi connectivity index (χ4n) is 3.96. The lowest BCUT2D eigenvalue weighted by Crippen LogP contribution is -2.22. The second-order valence-corrected chi connectivity index (χ2v) is 16.4. The van der Waals surface area contributed by atoms with E-state index in [1.165, 1.54) is 5.56 Å². The summed E-state index contributed by atoms with van der Waals surface area (Å²) in [5.74, 6) is -0.273. The van der Waals surface area contributed by atoms with Crippen LogP contribution in [0.1, 0.15) is 35.4 Å². The summed E-state index contributed by atoms with van der Waals surface area (Å²) in [6, 6.07) is 17.2.